The molecule has 0 spiro atoms. The molecule has 6 aromatic carbocycles. The molecule has 0 radical (unpaired) electrons. The minimum Gasteiger partial charge on any atom is -0.455 e. The van der Waals surface area contributed by atoms with Crippen LogP contribution in [0.25, 0.3) is 82.9 Å². The first kappa shape index (κ1) is 33.0. The van der Waals surface area contributed by atoms with Crippen molar-refractivity contribution in [3.8, 4) is 49.9 Å². The minimum atomic E-state index is 0.271. The van der Waals surface area contributed by atoms with Crippen molar-refractivity contribution >= 4 is 44.3 Å². The fourth-order valence-corrected chi connectivity index (χ4v) is 8.49. The number of aryl methyl sites for hydroxylation is 2. The highest BCUT2D eigenvalue weighted by atomic mass is 32.1. The highest BCUT2D eigenvalue weighted by molar-refractivity contribution is 7.12. The summed E-state index contributed by atoms with van der Waals surface area (Å²) in [6.45, 7) is 11.5. The normalized spacial score (nSPS) is 11.9. The molecular weight excluding hydrogens is 669 g/mol. The average Bonchev–Trinajstić information content (AvgIpc) is 3.92. The quantitative estimate of drug-likeness (QED) is 0.155. The SMILES string of the molecule is Cc1ccc2c(oc3cc(-c4nncs4)ccc32)c1-c1n(-c2c(C(C)C)cc(-c3ccc(-c4ccccc4)cc3)cc2C(C)C)c2ccccc2[n+]1C. The van der Waals surface area contributed by atoms with Crippen LogP contribution in [-0.4, -0.2) is 14.8 Å². The van der Waals surface area contributed by atoms with Gasteiger partial charge in [-0.15, -0.1) is 10.2 Å². The van der Waals surface area contributed by atoms with E-state index in [1.165, 1.54) is 61.4 Å². The van der Waals surface area contributed by atoms with Crippen molar-refractivity contribution in [3.05, 3.63) is 144 Å². The second-order valence-corrected chi connectivity index (χ2v) is 15.5. The Morgan fingerprint density at radius 3 is 1.96 bits per heavy atom. The van der Waals surface area contributed by atoms with Crippen LogP contribution in [0.15, 0.2) is 131 Å². The Labute approximate surface area is 313 Å². The van der Waals surface area contributed by atoms with Gasteiger partial charge in [0.15, 0.2) is 16.6 Å². The molecule has 0 bridgehead atoms. The molecule has 0 atom stereocenters. The van der Waals surface area contributed by atoms with Gasteiger partial charge in [-0.1, -0.05) is 124 Å². The van der Waals surface area contributed by atoms with E-state index in [9.17, 15) is 0 Å². The van der Waals surface area contributed by atoms with Crippen LogP contribution in [0.1, 0.15) is 56.2 Å². The molecule has 0 aliphatic heterocycles. The van der Waals surface area contributed by atoms with Crippen molar-refractivity contribution in [2.24, 2.45) is 7.05 Å². The molecule has 0 aliphatic carbocycles. The second-order valence-electron chi connectivity index (χ2n) is 14.7. The number of rotatable bonds is 7. The Balaban J connectivity index is 1.30. The fourth-order valence-electron chi connectivity index (χ4n) is 7.94. The first-order valence-electron chi connectivity index (χ1n) is 18.3. The van der Waals surface area contributed by atoms with Crippen LogP contribution < -0.4 is 4.57 Å². The minimum absolute atomic E-state index is 0.271. The van der Waals surface area contributed by atoms with Crippen molar-refractivity contribution in [2.45, 2.75) is 46.5 Å². The molecule has 0 saturated heterocycles. The van der Waals surface area contributed by atoms with Gasteiger partial charge in [-0.3, -0.25) is 0 Å². The standard InChI is InChI=1S/C47H41N4OS/c1-28(2)38-24-35(33-19-17-32(18-20-33)31-12-8-7-9-13-31)25-39(29(3)4)44(38)51-41-15-11-10-14-40(41)50(6)47(51)43-30(5)16-22-37-36-23-21-34(46-49-48-27-53-46)26-42(36)52-45(37)43/h7-29H,1-6H3/q+1. The number of hydrogen-bond donors (Lipinski definition) is 0. The molecule has 0 amide bonds. The highest BCUT2D eigenvalue weighted by Crippen LogP contribution is 2.43. The van der Waals surface area contributed by atoms with E-state index in [1.54, 1.807) is 5.51 Å². The van der Waals surface area contributed by atoms with Gasteiger partial charge >= 0.3 is 0 Å². The van der Waals surface area contributed by atoms with Crippen LogP contribution in [0.4, 0.5) is 0 Å². The van der Waals surface area contributed by atoms with E-state index in [0.29, 0.717) is 0 Å². The largest absolute Gasteiger partial charge is 0.455 e. The molecule has 5 nitrogen and oxygen atoms in total. The van der Waals surface area contributed by atoms with Gasteiger partial charge in [0, 0.05) is 27.5 Å². The summed E-state index contributed by atoms with van der Waals surface area (Å²) >= 11 is 1.53. The molecule has 0 saturated carbocycles. The smallest absolute Gasteiger partial charge is 0.299 e. The van der Waals surface area contributed by atoms with Crippen LogP contribution in [0.5, 0.6) is 0 Å². The monoisotopic (exact) mass is 709 g/mol. The maximum atomic E-state index is 6.90. The Hall–Kier alpha value is -5.85. The van der Waals surface area contributed by atoms with Crippen molar-refractivity contribution in [2.75, 3.05) is 0 Å². The van der Waals surface area contributed by atoms with Crippen molar-refractivity contribution in [1.29, 1.82) is 0 Å². The summed E-state index contributed by atoms with van der Waals surface area (Å²) in [5.74, 6) is 1.64. The van der Waals surface area contributed by atoms with Crippen LogP contribution in [-0.2, 0) is 7.05 Å². The van der Waals surface area contributed by atoms with E-state index < -0.39 is 0 Å². The zero-order valence-corrected chi connectivity index (χ0v) is 31.7. The molecule has 6 heteroatoms. The van der Waals surface area contributed by atoms with Gasteiger partial charge in [0.05, 0.1) is 7.05 Å². The summed E-state index contributed by atoms with van der Waals surface area (Å²) in [4.78, 5) is 0. The van der Waals surface area contributed by atoms with Crippen LogP contribution in [0.2, 0.25) is 0 Å². The van der Waals surface area contributed by atoms with Gasteiger partial charge < -0.3 is 4.42 Å². The zero-order chi connectivity index (χ0) is 36.4. The van der Waals surface area contributed by atoms with Gasteiger partial charge in [-0.2, -0.15) is 4.57 Å². The molecular formula is C47H41N4OS+. The third-order valence-corrected chi connectivity index (χ3v) is 11.4. The Morgan fingerprint density at radius 1 is 0.660 bits per heavy atom. The number of furan rings is 1. The first-order valence-corrected chi connectivity index (χ1v) is 19.2. The second kappa shape index (κ2) is 13.0. The van der Waals surface area contributed by atoms with Gasteiger partial charge in [-0.05, 0) is 83.0 Å². The average molecular weight is 710 g/mol. The van der Waals surface area contributed by atoms with Crippen molar-refractivity contribution in [1.82, 2.24) is 14.8 Å². The summed E-state index contributed by atoms with van der Waals surface area (Å²) in [5, 5.41) is 11.5. The van der Waals surface area contributed by atoms with Crippen LogP contribution >= 0.6 is 11.3 Å². The number of benzene rings is 6. The van der Waals surface area contributed by atoms with E-state index in [1.807, 2.05) is 0 Å². The Bertz CT molecular complexity index is 2760. The van der Waals surface area contributed by atoms with Crippen LogP contribution in [0.3, 0.4) is 0 Å². The van der Waals surface area contributed by atoms with Gasteiger partial charge in [0.1, 0.15) is 27.4 Å². The lowest BCUT2D eigenvalue weighted by atomic mass is 9.87. The predicted octanol–water partition coefficient (Wildman–Crippen LogP) is 12.4. The molecule has 3 aromatic heterocycles. The van der Waals surface area contributed by atoms with E-state index >= 15 is 0 Å². The zero-order valence-electron chi connectivity index (χ0n) is 30.9. The number of aromatic nitrogens is 4. The Morgan fingerprint density at radius 2 is 1.28 bits per heavy atom. The van der Waals surface area contributed by atoms with E-state index in [0.717, 1.165) is 49.5 Å². The Kier molecular flexibility index (Phi) is 8.08. The van der Waals surface area contributed by atoms with Crippen molar-refractivity contribution in [3.63, 3.8) is 0 Å². The lowest BCUT2D eigenvalue weighted by molar-refractivity contribution is -0.633. The molecule has 0 unspecified atom stereocenters. The summed E-state index contributed by atoms with van der Waals surface area (Å²) in [7, 11) is 2.19. The van der Waals surface area contributed by atoms with Crippen molar-refractivity contribution < 1.29 is 8.98 Å². The molecule has 53 heavy (non-hydrogen) atoms. The molecule has 0 aliphatic rings. The lowest BCUT2D eigenvalue weighted by Gasteiger charge is -2.21. The molecule has 0 fully saturated rings. The molecule has 260 valence electrons. The molecule has 9 aromatic rings. The molecule has 0 N–H and O–H groups in total. The number of fused-ring (bicyclic) bond motifs is 4. The third-order valence-electron chi connectivity index (χ3n) is 10.7. The fraction of sp³-hybridized carbons (Fsp3) is 0.170. The summed E-state index contributed by atoms with van der Waals surface area (Å²) < 4.78 is 11.8. The van der Waals surface area contributed by atoms with Gasteiger partial charge in [0.2, 0.25) is 0 Å². The topological polar surface area (TPSA) is 47.7 Å². The molecule has 3 heterocycles. The van der Waals surface area contributed by atoms with Gasteiger partial charge in [0.25, 0.3) is 5.82 Å². The van der Waals surface area contributed by atoms with Gasteiger partial charge in [-0.25, -0.2) is 4.57 Å². The van der Waals surface area contributed by atoms with E-state index in [-0.39, 0.29) is 11.8 Å². The molecule has 9 rings (SSSR count). The lowest BCUT2D eigenvalue weighted by Crippen LogP contribution is -2.30. The third kappa shape index (κ3) is 5.48. The van der Waals surface area contributed by atoms with E-state index in [2.05, 4.69) is 182 Å². The number of hydrogen-bond acceptors (Lipinski definition) is 4. The number of nitrogens with zero attached hydrogens (tertiary/aromatic N) is 4. The number of imidazole rings is 1. The maximum Gasteiger partial charge on any atom is 0.299 e. The number of para-hydroxylation sites is 2. The highest BCUT2D eigenvalue weighted by Gasteiger charge is 2.34. The van der Waals surface area contributed by atoms with E-state index in [4.69, 9.17) is 4.42 Å². The maximum absolute atomic E-state index is 6.90. The predicted molar refractivity (Wildman–Crippen MR) is 220 cm³/mol. The first-order chi connectivity index (χ1) is 25.8. The summed E-state index contributed by atoms with van der Waals surface area (Å²) in [5.41, 5.74) is 17.9. The summed E-state index contributed by atoms with van der Waals surface area (Å²) in [6, 6.07) is 44.1. The van der Waals surface area contributed by atoms with Crippen LogP contribution in [0, 0.1) is 6.92 Å². The summed E-state index contributed by atoms with van der Waals surface area (Å²) in [6.07, 6.45) is 0.